The third kappa shape index (κ3) is 4.87. The molecule has 0 atom stereocenters. The Morgan fingerprint density at radius 1 is 0.375 bits per heavy atom. The first-order valence-electron chi connectivity index (χ1n) is 19.6. The van der Waals surface area contributed by atoms with Gasteiger partial charge in [0.05, 0.1) is 5.69 Å². The van der Waals surface area contributed by atoms with Gasteiger partial charge >= 0.3 is 0 Å². The summed E-state index contributed by atoms with van der Waals surface area (Å²) in [7, 11) is 0. The Hall–Kier alpha value is -6.96. The molecule has 1 nitrogen and oxygen atoms in total. The molecule has 1 heteroatoms. The van der Waals surface area contributed by atoms with E-state index in [1.807, 2.05) is 0 Å². The third-order valence-corrected chi connectivity index (χ3v) is 12.2. The predicted molar refractivity (Wildman–Crippen MR) is 240 cm³/mol. The maximum Gasteiger partial charge on any atom is 0.0546 e. The van der Waals surface area contributed by atoms with Gasteiger partial charge in [0.25, 0.3) is 0 Å². The van der Waals surface area contributed by atoms with Crippen molar-refractivity contribution in [3.05, 3.63) is 211 Å². The van der Waals surface area contributed by atoms with E-state index in [2.05, 4.69) is 219 Å². The van der Waals surface area contributed by atoms with Gasteiger partial charge in [0.1, 0.15) is 0 Å². The summed E-state index contributed by atoms with van der Waals surface area (Å²) in [5.74, 6) is 0. The highest BCUT2D eigenvalue weighted by Crippen LogP contribution is 2.56. The van der Waals surface area contributed by atoms with Gasteiger partial charge in [-0.1, -0.05) is 184 Å². The second-order valence-electron chi connectivity index (χ2n) is 15.7. The lowest BCUT2D eigenvalue weighted by molar-refractivity contribution is 0.647. The molecular weight excluding hydrogens is 675 g/mol. The van der Waals surface area contributed by atoms with Crippen LogP contribution >= 0.6 is 0 Å². The van der Waals surface area contributed by atoms with Crippen molar-refractivity contribution in [2.24, 2.45) is 0 Å². The van der Waals surface area contributed by atoms with Gasteiger partial charge in [0.2, 0.25) is 0 Å². The SMILES string of the molecule is CC1(C)c2c(-c3ccccc3)cccc2-c2c(N(c3ccc(-c4ccccc4)cc3)c3ccc4c5ccccc5c5ccccc5c4c3)ccc3cccc1c23. The zero-order chi connectivity index (χ0) is 37.4. The number of hydrogen-bond acceptors (Lipinski definition) is 1. The van der Waals surface area contributed by atoms with Crippen molar-refractivity contribution < 1.29 is 0 Å². The van der Waals surface area contributed by atoms with Crippen LogP contribution < -0.4 is 4.90 Å². The molecule has 0 unspecified atom stereocenters. The molecule has 1 aliphatic carbocycles. The van der Waals surface area contributed by atoms with Gasteiger partial charge in [-0.25, -0.2) is 0 Å². The molecule has 0 spiro atoms. The summed E-state index contributed by atoms with van der Waals surface area (Å²) >= 11 is 0. The molecule has 10 aromatic carbocycles. The lowest BCUT2D eigenvalue weighted by atomic mass is 9.66. The maximum absolute atomic E-state index is 2.50. The third-order valence-electron chi connectivity index (χ3n) is 12.2. The topological polar surface area (TPSA) is 3.24 Å². The van der Waals surface area contributed by atoms with E-state index >= 15 is 0 Å². The lowest BCUT2D eigenvalue weighted by Crippen LogP contribution is -2.25. The summed E-state index contributed by atoms with van der Waals surface area (Å²) < 4.78 is 0. The minimum absolute atomic E-state index is 0.224. The van der Waals surface area contributed by atoms with Gasteiger partial charge in [0.15, 0.2) is 0 Å². The number of benzene rings is 10. The quantitative estimate of drug-likeness (QED) is 0.161. The summed E-state index contributed by atoms with van der Waals surface area (Å²) in [6.07, 6.45) is 0. The van der Waals surface area contributed by atoms with Crippen LogP contribution in [0.3, 0.4) is 0 Å². The molecule has 264 valence electrons. The van der Waals surface area contributed by atoms with Gasteiger partial charge in [0, 0.05) is 22.4 Å². The first-order chi connectivity index (χ1) is 27.6. The highest BCUT2D eigenvalue weighted by atomic mass is 15.1. The zero-order valence-corrected chi connectivity index (χ0v) is 31.5. The van der Waals surface area contributed by atoms with E-state index in [9.17, 15) is 0 Å². The lowest BCUT2D eigenvalue weighted by Gasteiger charge is -2.39. The molecule has 0 aliphatic heterocycles. The first-order valence-corrected chi connectivity index (χ1v) is 19.6. The second-order valence-corrected chi connectivity index (χ2v) is 15.7. The van der Waals surface area contributed by atoms with Gasteiger partial charge in [-0.3, -0.25) is 0 Å². The smallest absolute Gasteiger partial charge is 0.0546 e. The van der Waals surface area contributed by atoms with Gasteiger partial charge in [-0.05, 0) is 112 Å². The van der Waals surface area contributed by atoms with E-state index < -0.39 is 0 Å². The Morgan fingerprint density at radius 2 is 0.911 bits per heavy atom. The van der Waals surface area contributed by atoms with E-state index in [0.29, 0.717) is 0 Å². The van der Waals surface area contributed by atoms with Crippen LogP contribution in [-0.4, -0.2) is 0 Å². The summed E-state index contributed by atoms with van der Waals surface area (Å²) in [6.45, 7) is 4.81. The monoisotopic (exact) mass is 713 g/mol. The standard InChI is InChI=1S/C55H39N/c1-55(2)50-26-13-19-39-29-34-51(53(52(39)50)48-25-14-24-42(54(48)55)38-17-7-4-8-18-38)56(40-30-27-37(28-31-40)36-15-5-3-6-16-36)41-32-33-47-45-22-10-9-20-43(45)44-21-11-12-23-46(44)49(47)35-41/h3-35H,1-2H3. The van der Waals surface area contributed by atoms with E-state index in [1.165, 1.54) is 93.3 Å². The fourth-order valence-corrected chi connectivity index (χ4v) is 9.67. The maximum atomic E-state index is 2.50. The van der Waals surface area contributed by atoms with Crippen LogP contribution in [0.25, 0.3) is 76.5 Å². The van der Waals surface area contributed by atoms with Crippen LogP contribution in [0.2, 0.25) is 0 Å². The Balaban J connectivity index is 1.23. The molecular formula is C55H39N. The molecule has 0 amide bonds. The molecule has 0 radical (unpaired) electrons. The van der Waals surface area contributed by atoms with Crippen molar-refractivity contribution in [3.63, 3.8) is 0 Å². The first kappa shape index (κ1) is 32.5. The largest absolute Gasteiger partial charge is 0.310 e. The molecule has 0 fully saturated rings. The molecule has 0 aromatic heterocycles. The van der Waals surface area contributed by atoms with E-state index in [0.717, 1.165) is 11.4 Å². The molecule has 0 N–H and O–H groups in total. The molecule has 10 aromatic rings. The minimum Gasteiger partial charge on any atom is -0.310 e. The van der Waals surface area contributed by atoms with Crippen molar-refractivity contribution >= 4 is 60.2 Å². The molecule has 0 saturated heterocycles. The molecule has 1 aliphatic rings. The van der Waals surface area contributed by atoms with Crippen LogP contribution in [-0.2, 0) is 5.41 Å². The zero-order valence-electron chi connectivity index (χ0n) is 31.5. The van der Waals surface area contributed by atoms with Gasteiger partial charge in [-0.15, -0.1) is 0 Å². The Morgan fingerprint density at radius 3 is 1.59 bits per heavy atom. The number of anilines is 3. The predicted octanol–water partition coefficient (Wildman–Crippen LogP) is 15.4. The van der Waals surface area contributed by atoms with Crippen molar-refractivity contribution in [2.45, 2.75) is 19.3 Å². The Kier molecular flexibility index (Phi) is 7.28. The summed E-state index contributed by atoms with van der Waals surface area (Å²) in [5.41, 5.74) is 13.4. The molecule has 56 heavy (non-hydrogen) atoms. The van der Waals surface area contributed by atoms with Gasteiger partial charge < -0.3 is 4.90 Å². The van der Waals surface area contributed by atoms with Crippen molar-refractivity contribution in [1.29, 1.82) is 0 Å². The van der Waals surface area contributed by atoms with Crippen LogP contribution in [0.5, 0.6) is 0 Å². The summed E-state index contributed by atoms with van der Waals surface area (Å²) in [4.78, 5) is 2.50. The molecule has 0 saturated carbocycles. The summed E-state index contributed by atoms with van der Waals surface area (Å²) in [5, 5.41) is 10.2. The van der Waals surface area contributed by atoms with Crippen molar-refractivity contribution in [2.75, 3.05) is 4.90 Å². The van der Waals surface area contributed by atoms with Crippen molar-refractivity contribution in [1.82, 2.24) is 0 Å². The second kappa shape index (κ2) is 12.5. The van der Waals surface area contributed by atoms with Crippen LogP contribution in [0.1, 0.15) is 25.0 Å². The van der Waals surface area contributed by atoms with Crippen molar-refractivity contribution in [3.8, 4) is 33.4 Å². The number of rotatable bonds is 5. The molecule has 0 bridgehead atoms. The molecule has 0 heterocycles. The fourth-order valence-electron chi connectivity index (χ4n) is 9.67. The Bertz CT molecular complexity index is 3100. The normalized spacial score (nSPS) is 13.0. The minimum atomic E-state index is -0.224. The van der Waals surface area contributed by atoms with Gasteiger partial charge in [-0.2, -0.15) is 0 Å². The Labute approximate surface area is 327 Å². The highest BCUT2D eigenvalue weighted by molar-refractivity contribution is 6.26. The average molecular weight is 714 g/mol. The van der Waals surface area contributed by atoms with E-state index in [4.69, 9.17) is 0 Å². The number of fused-ring (bicyclic) bond motifs is 8. The van der Waals surface area contributed by atoms with E-state index in [1.54, 1.807) is 0 Å². The van der Waals surface area contributed by atoms with E-state index in [-0.39, 0.29) is 5.41 Å². The van der Waals surface area contributed by atoms with Crippen LogP contribution in [0, 0.1) is 0 Å². The highest BCUT2D eigenvalue weighted by Gasteiger charge is 2.37. The van der Waals surface area contributed by atoms with Crippen LogP contribution in [0.4, 0.5) is 17.1 Å². The summed E-state index contributed by atoms with van der Waals surface area (Å²) in [6, 6.07) is 73.9. The number of nitrogens with zero attached hydrogens (tertiary/aromatic N) is 1. The molecule has 11 rings (SSSR count). The average Bonchev–Trinajstić information content (AvgIpc) is 3.26. The van der Waals surface area contributed by atoms with Crippen LogP contribution in [0.15, 0.2) is 200 Å². The number of hydrogen-bond donors (Lipinski definition) is 0. The fraction of sp³-hybridized carbons (Fsp3) is 0.0545.